The van der Waals surface area contributed by atoms with Crippen LogP contribution in [0.25, 0.3) is 0 Å². The zero-order chi connectivity index (χ0) is 17.4. The van der Waals surface area contributed by atoms with Crippen LogP contribution in [-0.2, 0) is 0 Å². The smallest absolute Gasteiger partial charge is 0.0708 e. The standard InChI is InChI=1S/C18H26I2S4/c1-3-5-7-9-11-13-15(19)23-17(21-13)18-22-14(16(20)24-18)12-10-8-6-4-2/h3-12H2,1-2H3/b18-17-. The van der Waals surface area contributed by atoms with E-state index in [0.29, 0.717) is 0 Å². The van der Waals surface area contributed by atoms with Crippen molar-refractivity contribution >= 4 is 92.2 Å². The largest absolute Gasteiger partial charge is 0.0837 e. The fraction of sp³-hybridized carbons (Fsp3) is 0.667. The molecule has 0 aromatic heterocycles. The van der Waals surface area contributed by atoms with Crippen LogP contribution in [0, 0.1) is 0 Å². The quantitative estimate of drug-likeness (QED) is 0.175. The lowest BCUT2D eigenvalue weighted by Gasteiger charge is -2.04. The zero-order valence-corrected chi connectivity index (χ0v) is 22.0. The molecule has 0 aromatic carbocycles. The predicted octanol–water partition coefficient (Wildman–Crippen LogP) is 10.2. The maximum atomic E-state index is 2.55. The van der Waals surface area contributed by atoms with Crippen LogP contribution < -0.4 is 0 Å². The molecule has 0 radical (unpaired) electrons. The van der Waals surface area contributed by atoms with Gasteiger partial charge in [0.05, 0.1) is 14.3 Å². The van der Waals surface area contributed by atoms with Crippen LogP contribution in [-0.4, -0.2) is 0 Å². The van der Waals surface area contributed by atoms with E-state index in [1.165, 1.54) is 78.5 Å². The minimum Gasteiger partial charge on any atom is -0.0837 e. The third-order valence-corrected chi connectivity index (χ3v) is 12.8. The second-order valence-corrected chi connectivity index (χ2v) is 14.4. The first-order valence-corrected chi connectivity index (χ1v) is 14.3. The molecule has 0 amide bonds. The Morgan fingerprint density at radius 3 is 1.38 bits per heavy atom. The van der Waals surface area contributed by atoms with Gasteiger partial charge in [0.25, 0.3) is 0 Å². The molecule has 0 saturated heterocycles. The van der Waals surface area contributed by atoms with Crippen molar-refractivity contribution in [2.45, 2.75) is 78.1 Å². The molecular formula is C18H26I2S4. The summed E-state index contributed by atoms with van der Waals surface area (Å²) in [5, 5.41) is 0. The van der Waals surface area contributed by atoms with Crippen LogP contribution in [0.4, 0.5) is 0 Å². The first-order valence-electron chi connectivity index (χ1n) is 8.88. The number of allylic oxidation sites excluding steroid dienone is 2. The van der Waals surface area contributed by atoms with E-state index in [4.69, 9.17) is 0 Å². The third kappa shape index (κ3) is 7.24. The summed E-state index contributed by atoms with van der Waals surface area (Å²) in [6.07, 6.45) is 13.4. The molecule has 136 valence electrons. The van der Waals surface area contributed by atoms with Gasteiger partial charge in [0, 0.05) is 9.81 Å². The molecule has 2 heterocycles. The summed E-state index contributed by atoms with van der Waals surface area (Å²) in [5.74, 6) is 0. The molecule has 0 saturated carbocycles. The fourth-order valence-electron chi connectivity index (χ4n) is 2.51. The van der Waals surface area contributed by atoms with Crippen LogP contribution in [0.15, 0.2) is 24.1 Å². The van der Waals surface area contributed by atoms with Gasteiger partial charge in [-0.25, -0.2) is 0 Å². The molecule has 0 atom stereocenters. The Morgan fingerprint density at radius 1 is 0.583 bits per heavy atom. The van der Waals surface area contributed by atoms with E-state index < -0.39 is 0 Å². The predicted molar refractivity (Wildman–Crippen MR) is 137 cm³/mol. The molecule has 0 nitrogen and oxygen atoms in total. The molecule has 2 rings (SSSR count). The monoisotopic (exact) mass is 624 g/mol. The lowest BCUT2D eigenvalue weighted by molar-refractivity contribution is 0.672. The molecule has 0 N–H and O–H groups in total. The summed E-state index contributed by atoms with van der Waals surface area (Å²) in [6, 6.07) is 0. The number of rotatable bonds is 10. The van der Waals surface area contributed by atoms with E-state index in [0.717, 1.165) is 0 Å². The van der Waals surface area contributed by atoms with Crippen molar-refractivity contribution in [2.24, 2.45) is 0 Å². The molecule has 0 bridgehead atoms. The van der Waals surface area contributed by atoms with Gasteiger partial charge in [-0.2, -0.15) is 0 Å². The summed E-state index contributed by atoms with van der Waals surface area (Å²) in [4.78, 5) is 3.23. The van der Waals surface area contributed by atoms with Crippen molar-refractivity contribution < 1.29 is 0 Å². The molecule has 6 heteroatoms. The number of thioether (sulfide) groups is 4. The van der Waals surface area contributed by atoms with E-state index in [9.17, 15) is 0 Å². The molecule has 0 fully saturated rings. The van der Waals surface area contributed by atoms with Crippen LogP contribution in [0.5, 0.6) is 0 Å². The highest BCUT2D eigenvalue weighted by molar-refractivity contribution is 14.1. The number of hydrogen-bond donors (Lipinski definition) is 0. The molecule has 0 unspecified atom stereocenters. The van der Waals surface area contributed by atoms with E-state index in [1.807, 2.05) is 23.5 Å². The van der Waals surface area contributed by atoms with Gasteiger partial charge in [-0.15, -0.1) is 0 Å². The van der Waals surface area contributed by atoms with E-state index in [-0.39, 0.29) is 0 Å². The summed E-state index contributed by atoms with van der Waals surface area (Å²) >= 11 is 13.2. The van der Waals surface area contributed by atoms with Gasteiger partial charge in [0.15, 0.2) is 0 Å². The topological polar surface area (TPSA) is 0 Å². The highest BCUT2D eigenvalue weighted by Gasteiger charge is 2.27. The van der Waals surface area contributed by atoms with E-state index in [2.05, 4.69) is 82.6 Å². The van der Waals surface area contributed by atoms with Crippen LogP contribution in [0.1, 0.15) is 78.1 Å². The molecule has 0 aliphatic carbocycles. The van der Waals surface area contributed by atoms with E-state index >= 15 is 0 Å². The van der Waals surface area contributed by atoms with Crippen molar-refractivity contribution in [3.05, 3.63) is 24.1 Å². The van der Waals surface area contributed by atoms with Crippen LogP contribution in [0.2, 0.25) is 0 Å². The lowest BCUT2D eigenvalue weighted by Crippen LogP contribution is -1.79. The van der Waals surface area contributed by atoms with Gasteiger partial charge >= 0.3 is 0 Å². The normalized spacial score (nSPS) is 21.5. The van der Waals surface area contributed by atoms with Crippen molar-refractivity contribution in [1.82, 2.24) is 0 Å². The Hall–Kier alpha value is 2.08. The number of unbranched alkanes of at least 4 members (excludes halogenated alkanes) is 6. The Balaban J connectivity index is 1.82. The lowest BCUT2D eigenvalue weighted by atomic mass is 10.1. The summed E-state index contributed by atoms with van der Waals surface area (Å²) < 4.78 is 6.11. The third-order valence-electron chi connectivity index (χ3n) is 3.92. The minimum absolute atomic E-state index is 1.27. The summed E-state index contributed by atoms with van der Waals surface area (Å²) in [6.45, 7) is 4.57. The van der Waals surface area contributed by atoms with E-state index in [1.54, 1.807) is 9.81 Å². The molecule has 2 aliphatic heterocycles. The van der Waals surface area contributed by atoms with Crippen LogP contribution >= 0.6 is 92.2 Å². The molecule has 24 heavy (non-hydrogen) atoms. The summed E-state index contributed by atoms with van der Waals surface area (Å²) in [5.41, 5.74) is 0. The second kappa shape index (κ2) is 12.5. The Morgan fingerprint density at radius 2 is 1.00 bits per heavy atom. The van der Waals surface area contributed by atoms with Gasteiger partial charge in [0.2, 0.25) is 0 Å². The minimum atomic E-state index is 1.27. The van der Waals surface area contributed by atoms with Gasteiger partial charge < -0.3 is 0 Å². The Kier molecular flexibility index (Phi) is 11.7. The molecular weight excluding hydrogens is 598 g/mol. The zero-order valence-electron chi connectivity index (χ0n) is 14.5. The first kappa shape index (κ1) is 22.4. The van der Waals surface area contributed by atoms with Gasteiger partial charge in [-0.05, 0) is 70.9 Å². The maximum Gasteiger partial charge on any atom is 0.0708 e. The maximum absolute atomic E-state index is 2.55. The SMILES string of the molecule is CCCCCCC1=C(I)S/C(=C2\SC(I)=C(CCCCCC)S2)S1. The van der Waals surface area contributed by atoms with Crippen molar-refractivity contribution in [1.29, 1.82) is 0 Å². The van der Waals surface area contributed by atoms with Gasteiger partial charge in [-0.1, -0.05) is 99.4 Å². The Bertz CT molecular complexity index is 477. The van der Waals surface area contributed by atoms with Crippen LogP contribution in [0.3, 0.4) is 0 Å². The highest BCUT2D eigenvalue weighted by Crippen LogP contribution is 2.63. The first-order chi connectivity index (χ1) is 11.7. The number of hydrogen-bond acceptors (Lipinski definition) is 4. The fourth-order valence-corrected chi connectivity index (χ4v) is 11.1. The Labute approximate surface area is 192 Å². The van der Waals surface area contributed by atoms with Crippen molar-refractivity contribution in [3.63, 3.8) is 0 Å². The molecule has 0 aromatic rings. The highest BCUT2D eigenvalue weighted by atomic mass is 127. The van der Waals surface area contributed by atoms with Crippen molar-refractivity contribution in [2.75, 3.05) is 0 Å². The summed E-state index contributed by atoms with van der Waals surface area (Å²) in [7, 11) is 0. The van der Waals surface area contributed by atoms with Crippen molar-refractivity contribution in [3.8, 4) is 0 Å². The second-order valence-electron chi connectivity index (χ2n) is 6.00. The van der Waals surface area contributed by atoms with Gasteiger partial charge in [-0.3, -0.25) is 0 Å². The molecule has 2 aliphatic rings. The van der Waals surface area contributed by atoms with Gasteiger partial charge in [0.1, 0.15) is 0 Å². The average Bonchev–Trinajstić information content (AvgIpc) is 3.12. The average molecular weight is 624 g/mol. The molecule has 0 spiro atoms. The number of halogens is 2.